The first-order valence-electron chi connectivity index (χ1n) is 7.82. The van der Waals surface area contributed by atoms with Crippen molar-refractivity contribution in [3.05, 3.63) is 33.4 Å². The number of anilines is 2. The van der Waals surface area contributed by atoms with E-state index in [1.807, 2.05) is 0 Å². The molecule has 0 amide bonds. The summed E-state index contributed by atoms with van der Waals surface area (Å²) >= 11 is 18.3. The van der Waals surface area contributed by atoms with Crippen LogP contribution in [0.1, 0.15) is 25.7 Å². The number of nitrogens with one attached hydrogen (secondary N) is 1. The molecule has 3 rings (SSSR count). The number of aliphatic hydroxyl groups excluding tert-OH is 1. The molecule has 1 heterocycles. The van der Waals surface area contributed by atoms with Gasteiger partial charge >= 0.3 is 0 Å². The number of nitrogen functional groups attached to an aromatic ring is 1. The van der Waals surface area contributed by atoms with Gasteiger partial charge in [-0.05, 0) is 37.8 Å². The van der Waals surface area contributed by atoms with Crippen LogP contribution in [0.2, 0.25) is 15.1 Å². The van der Waals surface area contributed by atoms with E-state index in [0.717, 1.165) is 25.7 Å². The number of ether oxygens (including phenoxy) is 1. The van der Waals surface area contributed by atoms with Crippen LogP contribution in [0.4, 0.5) is 11.8 Å². The Labute approximate surface area is 160 Å². The lowest BCUT2D eigenvalue weighted by molar-refractivity contribution is 0.126. The molecule has 0 radical (unpaired) electrons. The molecule has 1 saturated carbocycles. The molecule has 6 nitrogen and oxygen atoms in total. The molecule has 0 aliphatic heterocycles. The van der Waals surface area contributed by atoms with Gasteiger partial charge in [0, 0.05) is 11.1 Å². The number of rotatable bonds is 4. The van der Waals surface area contributed by atoms with E-state index in [0.29, 0.717) is 16.6 Å². The van der Waals surface area contributed by atoms with Gasteiger partial charge in [-0.25, -0.2) is 4.98 Å². The van der Waals surface area contributed by atoms with E-state index in [-0.39, 0.29) is 33.9 Å². The van der Waals surface area contributed by atoms with Crippen molar-refractivity contribution in [3.8, 4) is 11.5 Å². The summed E-state index contributed by atoms with van der Waals surface area (Å²) in [6.45, 7) is 0. The Morgan fingerprint density at radius 2 is 1.76 bits per heavy atom. The lowest BCUT2D eigenvalue weighted by atomic mass is 9.93. The Kier molecular flexibility index (Phi) is 5.74. The van der Waals surface area contributed by atoms with Crippen molar-refractivity contribution in [3.63, 3.8) is 0 Å². The smallest absolute Gasteiger partial charge is 0.222 e. The predicted molar refractivity (Wildman–Crippen MR) is 99.9 cm³/mol. The zero-order valence-electron chi connectivity index (χ0n) is 13.2. The minimum atomic E-state index is -0.240. The lowest BCUT2D eigenvalue weighted by Gasteiger charge is -2.27. The number of nitrogens with zero attached hydrogens (tertiary/aromatic N) is 2. The van der Waals surface area contributed by atoms with Crippen LogP contribution >= 0.6 is 34.8 Å². The van der Waals surface area contributed by atoms with Crippen LogP contribution in [0.3, 0.4) is 0 Å². The molecule has 1 aromatic carbocycles. The van der Waals surface area contributed by atoms with E-state index < -0.39 is 0 Å². The maximum absolute atomic E-state index is 9.63. The quantitative estimate of drug-likeness (QED) is 0.694. The second kappa shape index (κ2) is 7.83. The normalized spacial score (nSPS) is 20.3. The molecule has 134 valence electrons. The number of halogens is 3. The van der Waals surface area contributed by atoms with Crippen LogP contribution in [-0.4, -0.2) is 27.2 Å². The molecule has 0 bridgehead atoms. The zero-order valence-corrected chi connectivity index (χ0v) is 15.4. The van der Waals surface area contributed by atoms with Crippen molar-refractivity contribution in [1.29, 1.82) is 0 Å². The van der Waals surface area contributed by atoms with Crippen LogP contribution in [0, 0.1) is 0 Å². The third kappa shape index (κ3) is 4.58. The van der Waals surface area contributed by atoms with Crippen molar-refractivity contribution < 1.29 is 9.84 Å². The molecule has 4 N–H and O–H groups in total. The highest BCUT2D eigenvalue weighted by Gasteiger charge is 2.22. The van der Waals surface area contributed by atoms with Crippen LogP contribution in [-0.2, 0) is 0 Å². The second-order valence-corrected chi connectivity index (χ2v) is 7.14. The SMILES string of the molecule is Nc1ncc(Oc2c(Cl)cc(Cl)cc2Cl)c(NC2CCC(O)CC2)n1. The molecular weight excluding hydrogens is 387 g/mol. The van der Waals surface area contributed by atoms with Gasteiger partial charge in [0.2, 0.25) is 5.95 Å². The molecule has 1 aliphatic carbocycles. The van der Waals surface area contributed by atoms with Crippen LogP contribution in [0.15, 0.2) is 18.3 Å². The molecule has 1 fully saturated rings. The molecule has 1 aliphatic rings. The largest absolute Gasteiger partial charge is 0.449 e. The third-order valence-corrected chi connectivity index (χ3v) is 4.77. The highest BCUT2D eigenvalue weighted by Crippen LogP contribution is 2.40. The van der Waals surface area contributed by atoms with Gasteiger partial charge in [-0.1, -0.05) is 34.8 Å². The monoisotopic (exact) mass is 402 g/mol. The van der Waals surface area contributed by atoms with E-state index in [2.05, 4.69) is 15.3 Å². The van der Waals surface area contributed by atoms with Gasteiger partial charge in [-0.3, -0.25) is 0 Å². The van der Waals surface area contributed by atoms with Crippen LogP contribution in [0.5, 0.6) is 11.5 Å². The third-order valence-electron chi connectivity index (χ3n) is 3.99. The van der Waals surface area contributed by atoms with E-state index in [1.165, 1.54) is 18.3 Å². The Morgan fingerprint density at radius 3 is 2.40 bits per heavy atom. The minimum absolute atomic E-state index is 0.124. The molecule has 0 saturated heterocycles. The molecule has 1 aromatic heterocycles. The molecule has 9 heteroatoms. The Bertz CT molecular complexity index is 744. The standard InChI is InChI=1S/C16H17Cl3N4O2/c17-8-5-11(18)14(12(19)6-8)25-13-7-21-16(20)23-15(13)22-9-1-3-10(24)4-2-9/h5-7,9-10,24H,1-4H2,(H3,20,21,22,23). The average Bonchev–Trinajstić information content (AvgIpc) is 2.54. The van der Waals surface area contributed by atoms with Gasteiger partial charge in [0.05, 0.1) is 22.3 Å². The van der Waals surface area contributed by atoms with Crippen LogP contribution in [0.25, 0.3) is 0 Å². The first kappa shape index (κ1) is 18.3. The average molecular weight is 404 g/mol. The van der Waals surface area contributed by atoms with Gasteiger partial charge in [-0.15, -0.1) is 0 Å². The minimum Gasteiger partial charge on any atom is -0.449 e. The van der Waals surface area contributed by atoms with Gasteiger partial charge in [-0.2, -0.15) is 4.98 Å². The Hall–Kier alpha value is -1.47. The fourth-order valence-electron chi connectivity index (χ4n) is 2.71. The van der Waals surface area contributed by atoms with Crippen molar-refractivity contribution in [2.75, 3.05) is 11.1 Å². The summed E-state index contributed by atoms with van der Waals surface area (Å²) in [6, 6.07) is 3.24. The summed E-state index contributed by atoms with van der Waals surface area (Å²) in [6.07, 6.45) is 4.35. The second-order valence-electron chi connectivity index (χ2n) is 5.89. The molecule has 25 heavy (non-hydrogen) atoms. The van der Waals surface area contributed by atoms with Crippen molar-refractivity contribution in [2.45, 2.75) is 37.8 Å². The maximum atomic E-state index is 9.63. The van der Waals surface area contributed by atoms with E-state index in [1.54, 1.807) is 0 Å². The molecule has 0 unspecified atom stereocenters. The first-order valence-corrected chi connectivity index (χ1v) is 8.95. The number of hydrogen-bond donors (Lipinski definition) is 3. The van der Waals surface area contributed by atoms with Crippen molar-refractivity contribution in [2.24, 2.45) is 0 Å². The van der Waals surface area contributed by atoms with Crippen LogP contribution < -0.4 is 15.8 Å². The van der Waals surface area contributed by atoms with Crippen molar-refractivity contribution in [1.82, 2.24) is 9.97 Å². The Balaban J connectivity index is 1.84. The van der Waals surface area contributed by atoms with Gasteiger partial charge in [0.1, 0.15) is 0 Å². The molecule has 2 aromatic rings. The molecule has 0 atom stereocenters. The van der Waals surface area contributed by atoms with E-state index >= 15 is 0 Å². The lowest BCUT2D eigenvalue weighted by Crippen LogP contribution is -2.28. The fourth-order valence-corrected chi connectivity index (χ4v) is 3.61. The van der Waals surface area contributed by atoms with Gasteiger partial charge in [0.25, 0.3) is 0 Å². The van der Waals surface area contributed by atoms with Gasteiger partial charge in [0.15, 0.2) is 17.3 Å². The highest BCUT2D eigenvalue weighted by molar-refractivity contribution is 6.40. The summed E-state index contributed by atoms with van der Waals surface area (Å²) in [5.74, 6) is 1.20. The predicted octanol–water partition coefficient (Wildman–Crippen LogP) is 4.53. The summed E-state index contributed by atoms with van der Waals surface area (Å²) in [7, 11) is 0. The summed E-state index contributed by atoms with van der Waals surface area (Å²) in [5.41, 5.74) is 5.70. The number of aliphatic hydroxyl groups is 1. The molecule has 0 spiro atoms. The van der Waals surface area contributed by atoms with Crippen molar-refractivity contribution >= 4 is 46.6 Å². The van der Waals surface area contributed by atoms with E-state index in [4.69, 9.17) is 45.3 Å². The fraction of sp³-hybridized carbons (Fsp3) is 0.375. The topological polar surface area (TPSA) is 93.3 Å². The highest BCUT2D eigenvalue weighted by atomic mass is 35.5. The van der Waals surface area contributed by atoms with Gasteiger partial charge < -0.3 is 20.9 Å². The maximum Gasteiger partial charge on any atom is 0.222 e. The summed E-state index contributed by atoms with van der Waals surface area (Å²) < 4.78 is 5.83. The Morgan fingerprint density at radius 1 is 1.12 bits per heavy atom. The molecular formula is C16H17Cl3N4O2. The number of hydrogen-bond acceptors (Lipinski definition) is 6. The van der Waals surface area contributed by atoms with E-state index in [9.17, 15) is 5.11 Å². The summed E-state index contributed by atoms with van der Waals surface area (Å²) in [4.78, 5) is 8.18. The first-order chi connectivity index (χ1) is 11.9. The number of benzene rings is 1. The summed E-state index contributed by atoms with van der Waals surface area (Å²) in [5, 5.41) is 13.9. The zero-order chi connectivity index (χ0) is 18.0. The number of nitrogens with two attached hydrogens (primary N) is 1. The number of aromatic nitrogens is 2.